The van der Waals surface area contributed by atoms with Crippen molar-refractivity contribution in [3.63, 3.8) is 0 Å². The van der Waals surface area contributed by atoms with Crippen molar-refractivity contribution >= 4 is 21.7 Å². The first-order valence-electron chi connectivity index (χ1n) is 4.41. The summed E-state index contributed by atoms with van der Waals surface area (Å²) in [6.07, 6.45) is 3.95. The molecule has 0 aliphatic heterocycles. The minimum Gasteiger partial charge on any atom is -0.390 e. The third-order valence-corrected chi connectivity index (χ3v) is 2.07. The fourth-order valence-corrected chi connectivity index (χ4v) is 1.10. The van der Waals surface area contributed by atoms with Gasteiger partial charge in [0.25, 0.3) is 0 Å². The van der Waals surface area contributed by atoms with Crippen LogP contribution in [0.3, 0.4) is 0 Å². The molecule has 78 valence electrons. The maximum absolute atomic E-state index is 9.46. The summed E-state index contributed by atoms with van der Waals surface area (Å²) in [4.78, 5) is 8.12. The molecule has 0 fully saturated rings. The molecule has 0 unspecified atom stereocenters. The number of halogens is 1. The largest absolute Gasteiger partial charge is 0.390 e. The lowest BCUT2D eigenvalue weighted by molar-refractivity contribution is 0.0748. The van der Waals surface area contributed by atoms with Crippen LogP contribution in [0.4, 0.5) is 5.82 Å². The van der Waals surface area contributed by atoms with Crippen LogP contribution in [0.25, 0.3) is 0 Å². The molecule has 0 spiro atoms. The highest BCUT2D eigenvalue weighted by molar-refractivity contribution is 9.10. The Balaban J connectivity index is 2.35. The normalized spacial score (nSPS) is 11.4. The van der Waals surface area contributed by atoms with Gasteiger partial charge in [0.15, 0.2) is 0 Å². The van der Waals surface area contributed by atoms with Crippen LogP contribution in [0.1, 0.15) is 20.3 Å². The van der Waals surface area contributed by atoms with Crippen molar-refractivity contribution < 1.29 is 5.11 Å². The van der Waals surface area contributed by atoms with E-state index in [1.54, 1.807) is 26.2 Å². The summed E-state index contributed by atoms with van der Waals surface area (Å²) in [5.41, 5.74) is -0.643. The van der Waals surface area contributed by atoms with E-state index in [1.807, 2.05) is 0 Å². The van der Waals surface area contributed by atoms with Gasteiger partial charge in [0.1, 0.15) is 10.4 Å². The molecule has 14 heavy (non-hydrogen) atoms. The molecule has 0 saturated heterocycles. The molecule has 1 aromatic rings. The van der Waals surface area contributed by atoms with Crippen LogP contribution >= 0.6 is 15.9 Å². The molecule has 2 N–H and O–H groups in total. The molecule has 4 nitrogen and oxygen atoms in total. The van der Waals surface area contributed by atoms with Crippen LogP contribution in [0.15, 0.2) is 17.0 Å². The summed E-state index contributed by atoms with van der Waals surface area (Å²) in [6.45, 7) is 4.24. The van der Waals surface area contributed by atoms with Gasteiger partial charge in [-0.25, -0.2) is 9.97 Å². The smallest absolute Gasteiger partial charge is 0.144 e. The molecule has 1 heterocycles. The van der Waals surface area contributed by atoms with Crippen LogP contribution in [-0.2, 0) is 0 Å². The number of aromatic nitrogens is 2. The van der Waals surface area contributed by atoms with E-state index < -0.39 is 5.60 Å². The molecule has 5 heteroatoms. The number of nitrogens with zero attached hydrogens (tertiary/aromatic N) is 2. The minimum atomic E-state index is -0.643. The van der Waals surface area contributed by atoms with Crippen molar-refractivity contribution in [2.75, 3.05) is 11.9 Å². The Kier molecular flexibility index (Phi) is 3.83. The minimum absolute atomic E-state index is 0.643. The Morgan fingerprint density at radius 3 is 2.64 bits per heavy atom. The zero-order valence-electron chi connectivity index (χ0n) is 8.29. The number of hydrogen-bond acceptors (Lipinski definition) is 4. The van der Waals surface area contributed by atoms with Crippen molar-refractivity contribution in [3.05, 3.63) is 17.0 Å². The molecular formula is C9H14BrN3O. The van der Waals surface area contributed by atoms with Gasteiger partial charge in [-0.1, -0.05) is 0 Å². The van der Waals surface area contributed by atoms with E-state index >= 15 is 0 Å². The average molecular weight is 260 g/mol. The van der Waals surface area contributed by atoms with Gasteiger partial charge in [-0.05, 0) is 36.2 Å². The Labute approximate surface area is 91.9 Å². The maximum Gasteiger partial charge on any atom is 0.144 e. The van der Waals surface area contributed by atoms with E-state index in [0.717, 1.165) is 5.82 Å². The van der Waals surface area contributed by atoms with Gasteiger partial charge in [0.2, 0.25) is 0 Å². The molecule has 0 amide bonds. The fourth-order valence-electron chi connectivity index (χ4n) is 0.900. The van der Waals surface area contributed by atoms with E-state index in [1.165, 1.54) is 0 Å². The monoisotopic (exact) mass is 259 g/mol. The highest BCUT2D eigenvalue weighted by Crippen LogP contribution is 2.09. The predicted octanol–water partition coefficient (Wildman–Crippen LogP) is 1.81. The second-order valence-corrected chi connectivity index (χ2v) is 4.53. The van der Waals surface area contributed by atoms with E-state index in [-0.39, 0.29) is 0 Å². The van der Waals surface area contributed by atoms with Gasteiger partial charge in [-0.15, -0.1) is 0 Å². The summed E-state index contributed by atoms with van der Waals surface area (Å²) < 4.78 is 0.713. The topological polar surface area (TPSA) is 58.0 Å². The maximum atomic E-state index is 9.46. The first-order valence-corrected chi connectivity index (χ1v) is 5.20. The Morgan fingerprint density at radius 1 is 1.43 bits per heavy atom. The molecule has 0 aliphatic rings. The molecule has 0 aliphatic carbocycles. The lowest BCUT2D eigenvalue weighted by atomic mass is 10.1. The SMILES string of the molecule is CC(C)(O)CCNc1cnc(Br)cn1. The molecule has 0 radical (unpaired) electrons. The number of anilines is 1. The molecule has 0 atom stereocenters. The van der Waals surface area contributed by atoms with Gasteiger partial charge in [-0.2, -0.15) is 0 Å². The summed E-state index contributed by atoms with van der Waals surface area (Å²) in [7, 11) is 0. The third kappa shape index (κ3) is 4.53. The number of hydrogen-bond donors (Lipinski definition) is 2. The Hall–Kier alpha value is -0.680. The summed E-state index contributed by atoms with van der Waals surface area (Å²) in [6, 6.07) is 0. The van der Waals surface area contributed by atoms with Crippen molar-refractivity contribution in [3.8, 4) is 0 Å². The van der Waals surface area contributed by atoms with E-state index in [4.69, 9.17) is 0 Å². The van der Waals surface area contributed by atoms with Gasteiger partial charge in [0, 0.05) is 6.54 Å². The van der Waals surface area contributed by atoms with Crippen LogP contribution in [-0.4, -0.2) is 27.2 Å². The lowest BCUT2D eigenvalue weighted by Gasteiger charge is -2.16. The molecule has 0 aromatic carbocycles. The predicted molar refractivity (Wildman–Crippen MR) is 59.1 cm³/mol. The quantitative estimate of drug-likeness (QED) is 0.866. The van der Waals surface area contributed by atoms with Gasteiger partial charge < -0.3 is 10.4 Å². The van der Waals surface area contributed by atoms with Crippen molar-refractivity contribution in [2.45, 2.75) is 25.9 Å². The van der Waals surface area contributed by atoms with Crippen LogP contribution in [0.5, 0.6) is 0 Å². The van der Waals surface area contributed by atoms with Crippen LogP contribution in [0, 0.1) is 0 Å². The Morgan fingerprint density at radius 2 is 2.14 bits per heavy atom. The summed E-state index contributed by atoms with van der Waals surface area (Å²) >= 11 is 3.20. The molecule has 0 saturated carbocycles. The van der Waals surface area contributed by atoms with Gasteiger partial charge in [0.05, 0.1) is 18.0 Å². The Bertz CT molecular complexity index is 281. The van der Waals surface area contributed by atoms with Crippen LogP contribution < -0.4 is 5.32 Å². The standard InChI is InChI=1S/C9H14BrN3O/c1-9(2,14)3-4-11-8-6-12-7(10)5-13-8/h5-6,14H,3-4H2,1-2H3,(H,11,13). The van der Waals surface area contributed by atoms with E-state index in [9.17, 15) is 5.11 Å². The van der Waals surface area contributed by atoms with Crippen molar-refractivity contribution in [1.29, 1.82) is 0 Å². The second-order valence-electron chi connectivity index (χ2n) is 3.71. The first kappa shape index (κ1) is 11.4. The zero-order chi connectivity index (χ0) is 10.6. The van der Waals surface area contributed by atoms with Crippen molar-refractivity contribution in [2.24, 2.45) is 0 Å². The average Bonchev–Trinajstić information content (AvgIpc) is 2.06. The second kappa shape index (κ2) is 4.70. The van der Waals surface area contributed by atoms with Gasteiger partial charge >= 0.3 is 0 Å². The summed E-state index contributed by atoms with van der Waals surface area (Å²) in [5, 5.41) is 12.5. The van der Waals surface area contributed by atoms with E-state index in [0.29, 0.717) is 17.6 Å². The number of nitrogens with one attached hydrogen (secondary N) is 1. The fraction of sp³-hybridized carbons (Fsp3) is 0.556. The highest BCUT2D eigenvalue weighted by Gasteiger charge is 2.11. The molecule has 1 rings (SSSR count). The van der Waals surface area contributed by atoms with Crippen molar-refractivity contribution in [1.82, 2.24) is 9.97 Å². The molecular weight excluding hydrogens is 246 g/mol. The lowest BCUT2D eigenvalue weighted by Crippen LogP contribution is -2.22. The third-order valence-electron chi connectivity index (χ3n) is 1.66. The van der Waals surface area contributed by atoms with E-state index in [2.05, 4.69) is 31.2 Å². The number of aliphatic hydroxyl groups is 1. The molecule has 1 aromatic heterocycles. The molecule has 0 bridgehead atoms. The first-order chi connectivity index (χ1) is 6.47. The number of rotatable bonds is 4. The summed E-state index contributed by atoms with van der Waals surface area (Å²) in [5.74, 6) is 0.720. The van der Waals surface area contributed by atoms with Crippen LogP contribution in [0.2, 0.25) is 0 Å². The van der Waals surface area contributed by atoms with Gasteiger partial charge in [-0.3, -0.25) is 0 Å². The highest BCUT2D eigenvalue weighted by atomic mass is 79.9. The zero-order valence-corrected chi connectivity index (χ0v) is 9.87.